The Labute approximate surface area is 128 Å². The van der Waals surface area contributed by atoms with Crippen LogP contribution in [0.25, 0.3) is 11.0 Å². The largest absolute Gasteiger partial charge is 0.444 e. The van der Waals surface area contributed by atoms with Crippen molar-refractivity contribution in [2.75, 3.05) is 13.1 Å². The molecule has 114 valence electrons. The number of benzene rings is 1. The fourth-order valence-corrected chi connectivity index (χ4v) is 2.37. The van der Waals surface area contributed by atoms with Crippen molar-refractivity contribution in [2.24, 2.45) is 0 Å². The van der Waals surface area contributed by atoms with Gasteiger partial charge in [-0.3, -0.25) is 0 Å². The first kappa shape index (κ1) is 14.3. The third-order valence-corrected chi connectivity index (χ3v) is 3.46. The van der Waals surface area contributed by atoms with E-state index in [1.165, 1.54) is 0 Å². The number of nitrogens with zero attached hydrogens (tertiary/aromatic N) is 5. The molecule has 0 spiro atoms. The standard InChI is InChI=1S/C15H17N5O2/c1-15(2,3)22-14(21)19-8-11(9-19)20-13-5-4-10(7-16)6-12(13)17-18-20/h4-6,11H,8-9H2,1-3H3. The predicted molar refractivity (Wildman–Crippen MR) is 79.1 cm³/mol. The number of carbonyl (C=O) groups excluding carboxylic acids is 1. The number of carbonyl (C=O) groups is 1. The van der Waals surface area contributed by atoms with Crippen molar-refractivity contribution in [2.45, 2.75) is 32.4 Å². The Balaban J connectivity index is 1.71. The SMILES string of the molecule is CC(C)(C)OC(=O)N1CC(n2nnc3cc(C#N)ccc32)C1. The number of nitriles is 1. The fourth-order valence-electron chi connectivity index (χ4n) is 2.37. The van der Waals surface area contributed by atoms with Crippen molar-refractivity contribution in [3.63, 3.8) is 0 Å². The normalized spacial score (nSPS) is 15.5. The second-order valence-electron chi connectivity index (χ2n) is 6.39. The number of amides is 1. The van der Waals surface area contributed by atoms with Crippen LogP contribution in [0.4, 0.5) is 4.79 Å². The lowest BCUT2D eigenvalue weighted by Gasteiger charge is -2.39. The Bertz CT molecular complexity index is 762. The van der Waals surface area contributed by atoms with E-state index in [-0.39, 0.29) is 12.1 Å². The van der Waals surface area contributed by atoms with Crippen LogP contribution in [0.15, 0.2) is 18.2 Å². The van der Waals surface area contributed by atoms with E-state index in [1.54, 1.807) is 21.7 Å². The maximum atomic E-state index is 11.9. The Morgan fingerprint density at radius 1 is 1.41 bits per heavy atom. The number of hydrogen-bond acceptors (Lipinski definition) is 5. The Morgan fingerprint density at radius 2 is 2.14 bits per heavy atom. The lowest BCUT2D eigenvalue weighted by molar-refractivity contribution is -0.0000719. The topological polar surface area (TPSA) is 84.0 Å². The van der Waals surface area contributed by atoms with Crippen LogP contribution in [-0.4, -0.2) is 44.7 Å². The molecule has 1 aromatic carbocycles. The predicted octanol–water partition coefficient (Wildman–Crippen LogP) is 2.09. The minimum absolute atomic E-state index is 0.0884. The lowest BCUT2D eigenvalue weighted by atomic mass is 10.1. The number of ether oxygens (including phenoxy) is 1. The number of aromatic nitrogens is 3. The zero-order chi connectivity index (χ0) is 15.9. The summed E-state index contributed by atoms with van der Waals surface area (Å²) in [6, 6.07) is 7.46. The molecule has 1 saturated heterocycles. The second kappa shape index (κ2) is 4.98. The van der Waals surface area contributed by atoms with E-state index < -0.39 is 5.60 Å². The van der Waals surface area contributed by atoms with E-state index in [9.17, 15) is 4.79 Å². The molecule has 0 radical (unpaired) electrons. The first-order valence-corrected chi connectivity index (χ1v) is 7.10. The summed E-state index contributed by atoms with van der Waals surface area (Å²) < 4.78 is 7.13. The molecular weight excluding hydrogens is 282 g/mol. The molecule has 2 heterocycles. The summed E-state index contributed by atoms with van der Waals surface area (Å²) in [5.41, 5.74) is 1.63. The van der Waals surface area contributed by atoms with E-state index >= 15 is 0 Å². The molecule has 0 atom stereocenters. The summed E-state index contributed by atoms with van der Waals surface area (Å²) in [5, 5.41) is 17.1. The van der Waals surface area contributed by atoms with Crippen LogP contribution in [0.5, 0.6) is 0 Å². The van der Waals surface area contributed by atoms with Gasteiger partial charge in [-0.2, -0.15) is 5.26 Å². The highest BCUT2D eigenvalue weighted by Gasteiger charge is 2.36. The van der Waals surface area contributed by atoms with E-state index in [4.69, 9.17) is 10.00 Å². The summed E-state index contributed by atoms with van der Waals surface area (Å²) in [6.07, 6.45) is -0.306. The van der Waals surface area contributed by atoms with Gasteiger partial charge in [0, 0.05) is 13.1 Å². The first-order valence-electron chi connectivity index (χ1n) is 7.10. The average molecular weight is 299 g/mol. The van der Waals surface area contributed by atoms with Crippen LogP contribution >= 0.6 is 0 Å². The molecule has 1 aliphatic heterocycles. The summed E-state index contributed by atoms with van der Waals surface area (Å²) in [5.74, 6) is 0. The highest BCUT2D eigenvalue weighted by molar-refractivity contribution is 5.76. The molecule has 0 saturated carbocycles. The van der Waals surface area contributed by atoms with Crippen LogP contribution in [0.1, 0.15) is 32.4 Å². The zero-order valence-electron chi connectivity index (χ0n) is 12.8. The molecule has 0 aliphatic carbocycles. The quantitative estimate of drug-likeness (QED) is 0.805. The third kappa shape index (κ3) is 2.60. The molecule has 7 heteroatoms. The molecule has 0 N–H and O–H groups in total. The molecule has 1 fully saturated rings. The summed E-state index contributed by atoms with van der Waals surface area (Å²) >= 11 is 0. The molecule has 7 nitrogen and oxygen atoms in total. The Kier molecular flexibility index (Phi) is 3.24. The van der Waals surface area contributed by atoms with Gasteiger partial charge in [0.1, 0.15) is 11.1 Å². The first-order chi connectivity index (χ1) is 10.4. The molecule has 2 aromatic rings. The van der Waals surface area contributed by atoms with Gasteiger partial charge in [0.15, 0.2) is 0 Å². The molecule has 1 amide bonds. The molecule has 1 aromatic heterocycles. The maximum absolute atomic E-state index is 11.9. The van der Waals surface area contributed by atoms with Gasteiger partial charge in [-0.1, -0.05) is 5.21 Å². The number of hydrogen-bond donors (Lipinski definition) is 0. The van der Waals surface area contributed by atoms with E-state index in [2.05, 4.69) is 16.4 Å². The second-order valence-corrected chi connectivity index (χ2v) is 6.39. The van der Waals surface area contributed by atoms with Crippen LogP contribution in [0.2, 0.25) is 0 Å². The van der Waals surface area contributed by atoms with Crippen molar-refractivity contribution in [3.8, 4) is 6.07 Å². The van der Waals surface area contributed by atoms with Gasteiger partial charge in [-0.05, 0) is 39.0 Å². The number of rotatable bonds is 1. The number of fused-ring (bicyclic) bond motifs is 1. The third-order valence-electron chi connectivity index (χ3n) is 3.46. The average Bonchev–Trinajstić information content (AvgIpc) is 2.78. The van der Waals surface area contributed by atoms with Crippen LogP contribution in [0.3, 0.4) is 0 Å². The summed E-state index contributed by atoms with van der Waals surface area (Å²) in [4.78, 5) is 13.6. The number of likely N-dealkylation sites (tertiary alicyclic amines) is 1. The van der Waals surface area contributed by atoms with E-state index in [0.29, 0.717) is 24.2 Å². The molecule has 3 rings (SSSR count). The molecule has 0 bridgehead atoms. The van der Waals surface area contributed by atoms with Gasteiger partial charge in [0.2, 0.25) is 0 Å². The highest BCUT2D eigenvalue weighted by atomic mass is 16.6. The van der Waals surface area contributed by atoms with Gasteiger partial charge < -0.3 is 9.64 Å². The van der Waals surface area contributed by atoms with Crippen LogP contribution < -0.4 is 0 Å². The summed E-state index contributed by atoms with van der Waals surface area (Å²) in [7, 11) is 0. The van der Waals surface area contributed by atoms with Crippen molar-refractivity contribution in [3.05, 3.63) is 23.8 Å². The highest BCUT2D eigenvalue weighted by Crippen LogP contribution is 2.26. The molecule has 22 heavy (non-hydrogen) atoms. The monoisotopic (exact) mass is 299 g/mol. The van der Waals surface area contributed by atoms with Gasteiger partial charge >= 0.3 is 6.09 Å². The smallest absolute Gasteiger partial charge is 0.410 e. The van der Waals surface area contributed by atoms with Gasteiger partial charge in [0.25, 0.3) is 0 Å². The van der Waals surface area contributed by atoms with Crippen molar-refractivity contribution >= 4 is 17.1 Å². The van der Waals surface area contributed by atoms with E-state index in [0.717, 1.165) is 5.52 Å². The van der Waals surface area contributed by atoms with Crippen LogP contribution in [0, 0.1) is 11.3 Å². The molecule has 0 unspecified atom stereocenters. The van der Waals surface area contributed by atoms with Crippen molar-refractivity contribution < 1.29 is 9.53 Å². The minimum atomic E-state index is -0.490. The lowest BCUT2D eigenvalue weighted by Crippen LogP contribution is -2.52. The zero-order valence-corrected chi connectivity index (χ0v) is 12.8. The fraction of sp³-hybridized carbons (Fsp3) is 0.467. The minimum Gasteiger partial charge on any atom is -0.444 e. The Morgan fingerprint density at radius 3 is 2.77 bits per heavy atom. The maximum Gasteiger partial charge on any atom is 0.410 e. The van der Waals surface area contributed by atoms with Gasteiger partial charge in [-0.25, -0.2) is 9.48 Å². The van der Waals surface area contributed by atoms with Crippen molar-refractivity contribution in [1.29, 1.82) is 5.26 Å². The van der Waals surface area contributed by atoms with Gasteiger partial charge in [-0.15, -0.1) is 5.10 Å². The molecular formula is C15H17N5O2. The summed E-state index contributed by atoms with van der Waals surface area (Å²) in [6.45, 7) is 6.64. The molecule has 1 aliphatic rings. The van der Waals surface area contributed by atoms with Crippen LogP contribution in [-0.2, 0) is 4.74 Å². The van der Waals surface area contributed by atoms with Crippen molar-refractivity contribution in [1.82, 2.24) is 19.9 Å². The van der Waals surface area contributed by atoms with Gasteiger partial charge in [0.05, 0.1) is 23.2 Å². The Hall–Kier alpha value is -2.62. The van der Waals surface area contributed by atoms with E-state index in [1.807, 2.05) is 26.8 Å².